The van der Waals surface area contributed by atoms with Gasteiger partial charge < -0.3 is 16.0 Å². The summed E-state index contributed by atoms with van der Waals surface area (Å²) in [4.78, 5) is 25.9. The molecule has 5 nitrogen and oxygen atoms in total. The smallest absolute Gasteiger partial charge is 0.240 e. The molecule has 1 aromatic rings. The van der Waals surface area contributed by atoms with Gasteiger partial charge in [-0.15, -0.1) is 0 Å². The van der Waals surface area contributed by atoms with E-state index in [1.807, 2.05) is 23.1 Å². The summed E-state index contributed by atoms with van der Waals surface area (Å²) in [6.07, 6.45) is 5.22. The van der Waals surface area contributed by atoms with Crippen LogP contribution in [0.15, 0.2) is 24.3 Å². The molecule has 1 aliphatic carbocycles. The number of nitrogens with one attached hydrogen (secondary N) is 1. The molecular weight excluding hydrogens is 290 g/mol. The van der Waals surface area contributed by atoms with Gasteiger partial charge in [-0.2, -0.15) is 0 Å². The summed E-state index contributed by atoms with van der Waals surface area (Å²) in [5.74, 6) is 0.185. The molecule has 1 saturated carbocycles. The Labute approximate surface area is 137 Å². The molecule has 2 fully saturated rings. The third kappa shape index (κ3) is 3.72. The summed E-state index contributed by atoms with van der Waals surface area (Å²) in [6, 6.07) is 8.06. The largest absolute Gasteiger partial charge is 0.350 e. The molecule has 1 aliphatic heterocycles. The van der Waals surface area contributed by atoms with Crippen LogP contribution in [0.3, 0.4) is 0 Å². The van der Waals surface area contributed by atoms with E-state index in [1.165, 1.54) is 0 Å². The fourth-order valence-electron chi connectivity index (χ4n) is 3.52. The fraction of sp³-hybridized carbons (Fsp3) is 0.556. The molecule has 1 aromatic carbocycles. The first-order valence-electron chi connectivity index (χ1n) is 8.50. The van der Waals surface area contributed by atoms with Gasteiger partial charge in [0, 0.05) is 26.1 Å². The van der Waals surface area contributed by atoms with Crippen LogP contribution in [-0.2, 0) is 22.7 Å². The molecule has 124 valence electrons. The lowest BCUT2D eigenvalue weighted by atomic mass is 9.98. The van der Waals surface area contributed by atoms with E-state index in [-0.39, 0.29) is 11.8 Å². The Morgan fingerprint density at radius 2 is 1.96 bits per heavy atom. The van der Waals surface area contributed by atoms with Gasteiger partial charge in [-0.3, -0.25) is 9.59 Å². The number of nitrogens with two attached hydrogens (primary N) is 1. The van der Waals surface area contributed by atoms with Crippen LogP contribution in [-0.4, -0.2) is 28.8 Å². The summed E-state index contributed by atoms with van der Waals surface area (Å²) in [5.41, 5.74) is 7.64. The van der Waals surface area contributed by atoms with Crippen LogP contribution < -0.4 is 11.1 Å². The Kier molecular flexibility index (Phi) is 4.66. The molecule has 0 atom stereocenters. The van der Waals surface area contributed by atoms with Crippen molar-refractivity contribution in [2.24, 2.45) is 5.73 Å². The zero-order chi connectivity index (χ0) is 16.3. The second kappa shape index (κ2) is 6.71. The van der Waals surface area contributed by atoms with Gasteiger partial charge in [0.1, 0.15) is 0 Å². The number of likely N-dealkylation sites (tertiary alicyclic amines) is 1. The van der Waals surface area contributed by atoms with E-state index in [9.17, 15) is 9.59 Å². The number of benzene rings is 1. The lowest BCUT2D eigenvalue weighted by molar-refractivity contribution is -0.128. The highest BCUT2D eigenvalue weighted by atomic mass is 16.2. The highest BCUT2D eigenvalue weighted by Gasteiger charge is 2.36. The number of nitrogens with zero attached hydrogens (tertiary/aromatic N) is 1. The Morgan fingerprint density at radius 1 is 1.22 bits per heavy atom. The molecule has 0 radical (unpaired) electrons. The van der Waals surface area contributed by atoms with E-state index in [0.717, 1.165) is 49.8 Å². The van der Waals surface area contributed by atoms with Crippen molar-refractivity contribution in [3.63, 3.8) is 0 Å². The van der Waals surface area contributed by atoms with Crippen molar-refractivity contribution in [2.45, 2.75) is 57.2 Å². The quantitative estimate of drug-likeness (QED) is 0.868. The van der Waals surface area contributed by atoms with E-state index in [0.29, 0.717) is 19.5 Å². The Bertz CT molecular complexity index is 594. The maximum atomic E-state index is 12.3. The molecule has 2 aliphatic rings. The SMILES string of the molecule is NC1(C(=O)NCc2cccc(CN3CCCC3=O)c2)CCCC1. The van der Waals surface area contributed by atoms with Gasteiger partial charge >= 0.3 is 0 Å². The fourth-order valence-corrected chi connectivity index (χ4v) is 3.52. The van der Waals surface area contributed by atoms with E-state index in [1.54, 1.807) is 0 Å². The zero-order valence-electron chi connectivity index (χ0n) is 13.5. The van der Waals surface area contributed by atoms with Gasteiger partial charge in [-0.25, -0.2) is 0 Å². The maximum Gasteiger partial charge on any atom is 0.240 e. The minimum Gasteiger partial charge on any atom is -0.350 e. The summed E-state index contributed by atoms with van der Waals surface area (Å²) >= 11 is 0. The van der Waals surface area contributed by atoms with Crippen LogP contribution in [0.25, 0.3) is 0 Å². The minimum absolute atomic E-state index is 0.0462. The van der Waals surface area contributed by atoms with Gasteiger partial charge in [0.2, 0.25) is 11.8 Å². The van der Waals surface area contributed by atoms with Crippen molar-refractivity contribution >= 4 is 11.8 Å². The molecule has 1 saturated heterocycles. The standard InChI is InChI=1S/C18H25N3O2/c19-18(8-1-2-9-18)17(23)20-12-14-5-3-6-15(11-14)13-21-10-4-7-16(21)22/h3,5-6,11H,1-2,4,7-10,12-13,19H2,(H,20,23). The predicted molar refractivity (Wildman–Crippen MR) is 88.3 cm³/mol. The molecule has 1 heterocycles. The van der Waals surface area contributed by atoms with E-state index in [4.69, 9.17) is 5.73 Å². The Morgan fingerprint density at radius 3 is 2.65 bits per heavy atom. The Balaban J connectivity index is 1.57. The van der Waals surface area contributed by atoms with Crippen molar-refractivity contribution in [2.75, 3.05) is 6.54 Å². The lowest BCUT2D eigenvalue weighted by Crippen LogP contribution is -2.51. The first-order valence-corrected chi connectivity index (χ1v) is 8.50. The first kappa shape index (κ1) is 16.0. The van der Waals surface area contributed by atoms with Crippen LogP contribution in [0.1, 0.15) is 49.7 Å². The van der Waals surface area contributed by atoms with Gasteiger partial charge in [-0.1, -0.05) is 37.1 Å². The van der Waals surface area contributed by atoms with E-state index in [2.05, 4.69) is 11.4 Å². The van der Waals surface area contributed by atoms with Crippen molar-refractivity contribution in [3.05, 3.63) is 35.4 Å². The average molecular weight is 315 g/mol. The summed E-state index contributed by atoms with van der Waals surface area (Å²) in [5, 5.41) is 2.97. The highest BCUT2D eigenvalue weighted by Crippen LogP contribution is 2.27. The molecule has 5 heteroatoms. The molecule has 3 N–H and O–H groups in total. The van der Waals surface area contributed by atoms with Crippen molar-refractivity contribution in [1.29, 1.82) is 0 Å². The van der Waals surface area contributed by atoms with Gasteiger partial charge in [0.05, 0.1) is 5.54 Å². The Hall–Kier alpha value is -1.88. The number of rotatable bonds is 5. The van der Waals surface area contributed by atoms with Gasteiger partial charge in [0.25, 0.3) is 0 Å². The third-order valence-corrected chi connectivity index (χ3v) is 4.94. The molecule has 0 bridgehead atoms. The number of carbonyl (C=O) groups excluding carboxylic acids is 2. The second-order valence-electron chi connectivity index (χ2n) is 6.78. The second-order valence-corrected chi connectivity index (χ2v) is 6.78. The van der Waals surface area contributed by atoms with Crippen LogP contribution in [0.2, 0.25) is 0 Å². The monoisotopic (exact) mass is 315 g/mol. The summed E-state index contributed by atoms with van der Waals surface area (Å²) < 4.78 is 0. The molecule has 23 heavy (non-hydrogen) atoms. The van der Waals surface area contributed by atoms with Crippen molar-refractivity contribution < 1.29 is 9.59 Å². The molecule has 0 unspecified atom stereocenters. The molecule has 0 aromatic heterocycles. The van der Waals surface area contributed by atoms with E-state index < -0.39 is 5.54 Å². The maximum absolute atomic E-state index is 12.3. The number of amides is 2. The molecular formula is C18H25N3O2. The lowest BCUT2D eigenvalue weighted by Gasteiger charge is -2.22. The van der Waals surface area contributed by atoms with Gasteiger partial charge in [0.15, 0.2) is 0 Å². The zero-order valence-corrected chi connectivity index (χ0v) is 13.5. The average Bonchev–Trinajstić information content (AvgIpc) is 3.15. The molecule has 0 spiro atoms. The summed E-state index contributed by atoms with van der Waals surface area (Å²) in [7, 11) is 0. The topological polar surface area (TPSA) is 75.4 Å². The normalized spacial score (nSPS) is 20.0. The van der Waals surface area contributed by atoms with Crippen molar-refractivity contribution in [3.8, 4) is 0 Å². The predicted octanol–water partition coefficient (Wildman–Crippen LogP) is 1.70. The highest BCUT2D eigenvalue weighted by molar-refractivity contribution is 5.86. The van der Waals surface area contributed by atoms with E-state index >= 15 is 0 Å². The van der Waals surface area contributed by atoms with Gasteiger partial charge in [-0.05, 0) is 30.4 Å². The van der Waals surface area contributed by atoms with Crippen LogP contribution in [0, 0.1) is 0 Å². The van der Waals surface area contributed by atoms with Crippen LogP contribution in [0.5, 0.6) is 0 Å². The van der Waals surface area contributed by atoms with Crippen molar-refractivity contribution in [1.82, 2.24) is 10.2 Å². The minimum atomic E-state index is -0.681. The molecule has 2 amide bonds. The first-order chi connectivity index (χ1) is 11.1. The number of carbonyl (C=O) groups is 2. The number of hydrogen-bond donors (Lipinski definition) is 2. The third-order valence-electron chi connectivity index (χ3n) is 4.94. The van der Waals surface area contributed by atoms with Crippen LogP contribution in [0.4, 0.5) is 0 Å². The van der Waals surface area contributed by atoms with Crippen LogP contribution >= 0.6 is 0 Å². The molecule has 3 rings (SSSR count). The number of hydrogen-bond acceptors (Lipinski definition) is 3. The summed E-state index contributed by atoms with van der Waals surface area (Å²) in [6.45, 7) is 1.98.